The molecule has 32 heavy (non-hydrogen) atoms. The minimum Gasteiger partial charge on any atom is -0.480 e. The van der Waals surface area contributed by atoms with E-state index < -0.39 is 37.8 Å². The first-order valence-electron chi connectivity index (χ1n) is 8.78. The lowest BCUT2D eigenvalue weighted by atomic mass is 10.0. The van der Waals surface area contributed by atoms with Gasteiger partial charge in [-0.1, -0.05) is 11.6 Å². The molecule has 0 amide bonds. The van der Waals surface area contributed by atoms with Gasteiger partial charge in [0.2, 0.25) is 11.8 Å². The molecule has 0 spiro atoms. The molecule has 0 saturated carbocycles. The molecule has 9 nitrogen and oxygen atoms in total. The van der Waals surface area contributed by atoms with Crippen LogP contribution in [0.5, 0.6) is 5.88 Å². The summed E-state index contributed by atoms with van der Waals surface area (Å²) in [6, 6.07) is 4.38. The van der Waals surface area contributed by atoms with Gasteiger partial charge in [-0.2, -0.15) is 4.98 Å². The fourth-order valence-electron chi connectivity index (χ4n) is 2.92. The number of anilines is 2. The Morgan fingerprint density at radius 3 is 2.62 bits per heavy atom. The Morgan fingerprint density at radius 1 is 1.09 bits per heavy atom. The largest absolute Gasteiger partial charge is 0.480 e. The molecule has 0 bridgehead atoms. The van der Waals surface area contributed by atoms with Crippen molar-refractivity contribution in [3.63, 3.8) is 0 Å². The van der Waals surface area contributed by atoms with Gasteiger partial charge in [-0.3, -0.25) is 4.72 Å². The molecule has 1 aromatic carbocycles. The second-order valence-corrected chi connectivity index (χ2v) is 8.50. The SMILES string of the molecule is COc1ncc(Cl)cc1S(=O)(=O)Nc1ccc(F)c(-c2cnc3nc(N)ncc3c2)c1F. The van der Waals surface area contributed by atoms with Crippen LogP contribution < -0.4 is 15.2 Å². The van der Waals surface area contributed by atoms with E-state index in [-0.39, 0.29) is 28.1 Å². The van der Waals surface area contributed by atoms with Crippen LogP contribution in [0.4, 0.5) is 20.4 Å². The Morgan fingerprint density at radius 2 is 1.88 bits per heavy atom. The summed E-state index contributed by atoms with van der Waals surface area (Å²) in [4.78, 5) is 15.2. The lowest BCUT2D eigenvalue weighted by Crippen LogP contribution is -2.16. The molecule has 4 rings (SSSR count). The second-order valence-electron chi connectivity index (χ2n) is 6.42. The van der Waals surface area contributed by atoms with Crippen LogP contribution in [0.2, 0.25) is 5.02 Å². The number of sulfonamides is 1. The van der Waals surface area contributed by atoms with Crippen LogP contribution in [-0.4, -0.2) is 35.5 Å². The summed E-state index contributed by atoms with van der Waals surface area (Å²) < 4.78 is 62.5. The Bertz CT molecular complexity index is 1470. The molecule has 0 saturated heterocycles. The van der Waals surface area contributed by atoms with Gasteiger partial charge in [-0.25, -0.2) is 32.2 Å². The average Bonchev–Trinajstić information content (AvgIpc) is 2.76. The molecule has 0 aliphatic heterocycles. The van der Waals surface area contributed by atoms with Gasteiger partial charge in [0.1, 0.15) is 5.82 Å². The molecule has 3 aromatic heterocycles. The Labute approximate surface area is 185 Å². The van der Waals surface area contributed by atoms with Crippen LogP contribution in [0.1, 0.15) is 0 Å². The highest BCUT2D eigenvalue weighted by Gasteiger charge is 2.25. The lowest BCUT2D eigenvalue weighted by molar-refractivity contribution is 0.385. The van der Waals surface area contributed by atoms with Gasteiger partial charge in [-0.15, -0.1) is 0 Å². The topological polar surface area (TPSA) is 133 Å². The molecule has 13 heteroatoms. The number of hydrogen-bond acceptors (Lipinski definition) is 8. The number of benzene rings is 1. The first-order chi connectivity index (χ1) is 15.2. The van der Waals surface area contributed by atoms with Gasteiger partial charge in [0.25, 0.3) is 10.0 Å². The second kappa shape index (κ2) is 8.13. The van der Waals surface area contributed by atoms with Gasteiger partial charge in [0, 0.05) is 29.5 Å². The van der Waals surface area contributed by atoms with Crippen LogP contribution in [0.3, 0.4) is 0 Å². The zero-order valence-corrected chi connectivity index (χ0v) is 17.7. The molecular formula is C19H13ClF2N6O3S. The smallest absolute Gasteiger partial charge is 0.267 e. The fraction of sp³-hybridized carbons (Fsp3) is 0.0526. The molecule has 0 atom stereocenters. The van der Waals surface area contributed by atoms with Crippen molar-refractivity contribution >= 4 is 44.3 Å². The number of nitrogen functional groups attached to an aromatic ring is 1. The normalized spacial score (nSPS) is 11.5. The zero-order valence-electron chi connectivity index (χ0n) is 16.2. The van der Waals surface area contributed by atoms with E-state index in [4.69, 9.17) is 22.1 Å². The highest BCUT2D eigenvalue weighted by Crippen LogP contribution is 2.33. The Balaban J connectivity index is 1.79. The van der Waals surface area contributed by atoms with Crippen molar-refractivity contribution in [1.29, 1.82) is 0 Å². The van der Waals surface area contributed by atoms with Crippen molar-refractivity contribution in [2.24, 2.45) is 0 Å². The molecule has 0 aliphatic carbocycles. The molecule has 164 valence electrons. The van der Waals surface area contributed by atoms with Crippen molar-refractivity contribution in [3.05, 3.63) is 59.5 Å². The summed E-state index contributed by atoms with van der Waals surface area (Å²) in [7, 11) is -3.17. The number of hydrogen-bond donors (Lipinski definition) is 2. The van der Waals surface area contributed by atoms with Crippen molar-refractivity contribution in [2.75, 3.05) is 17.6 Å². The predicted molar refractivity (Wildman–Crippen MR) is 114 cm³/mol. The van der Waals surface area contributed by atoms with Crippen LogP contribution in [-0.2, 0) is 10.0 Å². The summed E-state index contributed by atoms with van der Waals surface area (Å²) >= 11 is 5.84. The fourth-order valence-corrected chi connectivity index (χ4v) is 4.35. The van der Waals surface area contributed by atoms with Gasteiger partial charge in [0.15, 0.2) is 16.4 Å². The maximum atomic E-state index is 15.3. The van der Waals surface area contributed by atoms with E-state index in [1.54, 1.807) is 0 Å². The number of ether oxygens (including phenoxy) is 1. The van der Waals surface area contributed by atoms with Crippen LogP contribution >= 0.6 is 11.6 Å². The van der Waals surface area contributed by atoms with Crippen LogP contribution in [0, 0.1) is 11.6 Å². The van der Waals surface area contributed by atoms with Gasteiger partial charge < -0.3 is 10.5 Å². The maximum Gasteiger partial charge on any atom is 0.267 e. The number of fused-ring (bicyclic) bond motifs is 1. The molecule has 3 N–H and O–H groups in total. The highest BCUT2D eigenvalue weighted by molar-refractivity contribution is 7.92. The summed E-state index contributed by atoms with van der Waals surface area (Å²) in [6.07, 6.45) is 3.74. The predicted octanol–water partition coefficient (Wildman–Crippen LogP) is 3.41. The third kappa shape index (κ3) is 3.97. The summed E-state index contributed by atoms with van der Waals surface area (Å²) in [6.45, 7) is 0. The standard InChI is InChI=1S/C19H13ClF2N6O3S/c1-31-18-14(5-11(20)8-25-18)32(29,30)28-13-3-2-12(21)15(16(13)22)9-4-10-7-26-19(23)27-17(10)24-6-9/h2-8,28H,1H3,(H2,23,24,26,27). The van der Waals surface area contributed by atoms with Crippen molar-refractivity contribution < 1.29 is 21.9 Å². The summed E-state index contributed by atoms with van der Waals surface area (Å²) in [5.74, 6) is -2.33. The first kappa shape index (κ1) is 21.6. The number of methoxy groups -OCH3 is 1. The van der Waals surface area contributed by atoms with Gasteiger partial charge in [0.05, 0.1) is 23.4 Å². The quantitative estimate of drug-likeness (QED) is 0.446. The molecule has 4 aromatic rings. The van der Waals surface area contributed by atoms with Crippen LogP contribution in [0.25, 0.3) is 22.2 Å². The maximum absolute atomic E-state index is 15.3. The molecule has 0 radical (unpaired) electrons. The monoisotopic (exact) mass is 478 g/mol. The number of nitrogens with zero attached hydrogens (tertiary/aromatic N) is 4. The zero-order chi connectivity index (χ0) is 23.0. The number of pyridine rings is 2. The Hall–Kier alpha value is -3.64. The first-order valence-corrected chi connectivity index (χ1v) is 10.6. The lowest BCUT2D eigenvalue weighted by Gasteiger charge is -2.14. The van der Waals surface area contributed by atoms with Crippen molar-refractivity contribution in [2.45, 2.75) is 4.90 Å². The van der Waals surface area contributed by atoms with E-state index in [9.17, 15) is 12.8 Å². The number of rotatable bonds is 5. The van der Waals surface area contributed by atoms with Crippen LogP contribution in [0.15, 0.2) is 47.8 Å². The summed E-state index contributed by atoms with van der Waals surface area (Å²) in [5.41, 5.74) is 4.79. The van der Waals surface area contributed by atoms with E-state index in [2.05, 4.69) is 24.7 Å². The van der Waals surface area contributed by atoms with E-state index >= 15 is 4.39 Å². The molecule has 0 aliphatic rings. The minimum absolute atomic E-state index is 0.00236. The van der Waals surface area contributed by atoms with E-state index in [0.717, 1.165) is 18.2 Å². The number of halogens is 3. The van der Waals surface area contributed by atoms with Gasteiger partial charge in [-0.05, 0) is 24.3 Å². The molecular weight excluding hydrogens is 466 g/mol. The number of aromatic nitrogens is 4. The molecule has 3 heterocycles. The number of nitrogens with two attached hydrogens (primary N) is 1. The van der Waals surface area contributed by atoms with Gasteiger partial charge >= 0.3 is 0 Å². The average molecular weight is 479 g/mol. The van der Waals surface area contributed by atoms with E-state index in [0.29, 0.717) is 5.39 Å². The molecule has 0 fully saturated rings. The van der Waals surface area contributed by atoms with Crippen molar-refractivity contribution in [1.82, 2.24) is 19.9 Å². The molecule has 0 unspecified atom stereocenters. The number of nitrogens with one attached hydrogen (secondary N) is 1. The third-order valence-corrected chi connectivity index (χ3v) is 5.91. The third-order valence-electron chi connectivity index (χ3n) is 4.34. The van der Waals surface area contributed by atoms with E-state index in [1.807, 2.05) is 0 Å². The summed E-state index contributed by atoms with van der Waals surface area (Å²) in [5, 5.41) is 0.410. The van der Waals surface area contributed by atoms with E-state index in [1.165, 1.54) is 31.8 Å². The highest BCUT2D eigenvalue weighted by atomic mass is 35.5. The minimum atomic E-state index is -4.39. The Kier molecular flexibility index (Phi) is 5.48. The van der Waals surface area contributed by atoms with Crippen molar-refractivity contribution in [3.8, 4) is 17.0 Å².